The molecule has 3 heterocycles. The molecule has 178 valence electrons. The summed E-state index contributed by atoms with van der Waals surface area (Å²) in [5.41, 5.74) is 4.09. The number of carbonyl (C=O) groups excluding carboxylic acids is 2. The van der Waals surface area contributed by atoms with E-state index < -0.39 is 0 Å². The number of aromatic nitrogens is 3. The van der Waals surface area contributed by atoms with Crippen LogP contribution >= 0.6 is 11.3 Å². The monoisotopic (exact) mass is 477 g/mol. The number of nitrogens with one attached hydrogen (secondary N) is 2. The summed E-state index contributed by atoms with van der Waals surface area (Å²) >= 11 is 1.64. The van der Waals surface area contributed by atoms with E-state index in [1.165, 1.54) is 0 Å². The number of fused-ring (bicyclic) bond motifs is 2. The molecule has 0 aliphatic heterocycles. The van der Waals surface area contributed by atoms with E-state index in [9.17, 15) is 9.59 Å². The SMILES string of the molecule is CCc1nc2c(C(=O)NCc3ccc4nc(C)sc4c3)cccn2c1C(=O)N[C@H](C)CC(C)C. The molecule has 1 atom stereocenters. The van der Waals surface area contributed by atoms with Crippen LogP contribution in [0.3, 0.4) is 0 Å². The first-order valence-electron chi connectivity index (χ1n) is 11.7. The molecule has 0 saturated carbocycles. The summed E-state index contributed by atoms with van der Waals surface area (Å²) in [6.45, 7) is 10.6. The van der Waals surface area contributed by atoms with Crippen molar-refractivity contribution in [3.8, 4) is 0 Å². The van der Waals surface area contributed by atoms with Crippen LogP contribution in [-0.4, -0.2) is 32.2 Å². The van der Waals surface area contributed by atoms with E-state index in [0.29, 0.717) is 41.5 Å². The summed E-state index contributed by atoms with van der Waals surface area (Å²) in [7, 11) is 0. The summed E-state index contributed by atoms with van der Waals surface area (Å²) in [5, 5.41) is 7.11. The van der Waals surface area contributed by atoms with E-state index in [-0.39, 0.29) is 17.9 Å². The number of hydrogen-bond donors (Lipinski definition) is 2. The van der Waals surface area contributed by atoms with Crippen molar-refractivity contribution in [3.05, 3.63) is 64.1 Å². The highest BCUT2D eigenvalue weighted by Crippen LogP contribution is 2.23. The van der Waals surface area contributed by atoms with Crippen LogP contribution in [0, 0.1) is 12.8 Å². The molecule has 0 aliphatic carbocycles. The van der Waals surface area contributed by atoms with Gasteiger partial charge in [0, 0.05) is 18.8 Å². The second-order valence-electron chi connectivity index (χ2n) is 9.10. The fourth-order valence-corrected chi connectivity index (χ4v) is 5.20. The number of aryl methyl sites for hydroxylation is 2. The number of amides is 2. The maximum Gasteiger partial charge on any atom is 0.270 e. The van der Waals surface area contributed by atoms with Crippen LogP contribution in [-0.2, 0) is 13.0 Å². The Balaban J connectivity index is 1.57. The van der Waals surface area contributed by atoms with E-state index in [2.05, 4.69) is 40.5 Å². The zero-order valence-corrected chi connectivity index (χ0v) is 21.1. The fraction of sp³-hybridized carbons (Fsp3) is 0.385. The highest BCUT2D eigenvalue weighted by molar-refractivity contribution is 7.18. The van der Waals surface area contributed by atoms with Gasteiger partial charge >= 0.3 is 0 Å². The molecule has 0 radical (unpaired) electrons. The van der Waals surface area contributed by atoms with Gasteiger partial charge in [-0.2, -0.15) is 0 Å². The first-order valence-corrected chi connectivity index (χ1v) is 12.5. The molecule has 0 spiro atoms. The van der Waals surface area contributed by atoms with Crippen molar-refractivity contribution in [1.82, 2.24) is 25.0 Å². The second-order valence-corrected chi connectivity index (χ2v) is 10.3. The Morgan fingerprint density at radius 1 is 1.12 bits per heavy atom. The Bertz CT molecular complexity index is 1350. The van der Waals surface area contributed by atoms with E-state index in [1.807, 2.05) is 32.9 Å². The Labute approximate surface area is 203 Å². The molecule has 0 saturated heterocycles. The zero-order chi connectivity index (χ0) is 24.4. The Hall–Kier alpha value is -3.26. The number of carbonyl (C=O) groups is 2. The fourth-order valence-electron chi connectivity index (χ4n) is 4.31. The smallest absolute Gasteiger partial charge is 0.270 e. The predicted octanol–water partition coefficient (Wildman–Crippen LogP) is 4.91. The third-order valence-electron chi connectivity index (χ3n) is 5.73. The highest BCUT2D eigenvalue weighted by Gasteiger charge is 2.23. The van der Waals surface area contributed by atoms with Crippen molar-refractivity contribution >= 4 is 39.0 Å². The summed E-state index contributed by atoms with van der Waals surface area (Å²) in [5.74, 6) is 0.0985. The molecule has 2 N–H and O–H groups in total. The molecule has 1 aromatic carbocycles. The lowest BCUT2D eigenvalue weighted by Crippen LogP contribution is -2.34. The molecule has 8 heteroatoms. The molecule has 0 unspecified atom stereocenters. The molecule has 34 heavy (non-hydrogen) atoms. The number of hydrogen-bond acceptors (Lipinski definition) is 5. The third kappa shape index (κ3) is 4.97. The highest BCUT2D eigenvalue weighted by atomic mass is 32.1. The largest absolute Gasteiger partial charge is 0.348 e. The van der Waals surface area contributed by atoms with Gasteiger partial charge in [0.15, 0.2) is 5.65 Å². The van der Waals surface area contributed by atoms with Gasteiger partial charge in [-0.05, 0) is 62.4 Å². The van der Waals surface area contributed by atoms with Crippen LogP contribution in [0.5, 0.6) is 0 Å². The van der Waals surface area contributed by atoms with Crippen LogP contribution in [0.4, 0.5) is 0 Å². The summed E-state index contributed by atoms with van der Waals surface area (Å²) in [6, 6.07) is 9.60. The van der Waals surface area contributed by atoms with Crippen LogP contribution in [0.1, 0.15) is 71.2 Å². The Kier molecular flexibility index (Phi) is 6.97. The first kappa shape index (κ1) is 23.9. The summed E-state index contributed by atoms with van der Waals surface area (Å²) in [6.07, 6.45) is 3.28. The average molecular weight is 478 g/mol. The Morgan fingerprint density at radius 2 is 1.91 bits per heavy atom. The topological polar surface area (TPSA) is 88.4 Å². The lowest BCUT2D eigenvalue weighted by molar-refractivity contribution is 0.0925. The number of benzene rings is 1. The number of imidazole rings is 1. The molecule has 4 rings (SSSR count). The molecule has 2 amide bonds. The van der Waals surface area contributed by atoms with E-state index >= 15 is 0 Å². The van der Waals surface area contributed by atoms with Gasteiger partial charge in [0.25, 0.3) is 11.8 Å². The predicted molar refractivity (Wildman–Crippen MR) is 136 cm³/mol. The minimum absolute atomic E-state index is 0.0499. The number of pyridine rings is 1. The van der Waals surface area contributed by atoms with Gasteiger partial charge in [-0.25, -0.2) is 9.97 Å². The lowest BCUT2D eigenvalue weighted by Gasteiger charge is -2.16. The molecule has 0 bridgehead atoms. The van der Waals surface area contributed by atoms with Gasteiger partial charge in [0.1, 0.15) is 5.69 Å². The molecule has 4 aromatic rings. The molecule has 0 fully saturated rings. The molecular formula is C26H31N5O2S. The minimum Gasteiger partial charge on any atom is -0.348 e. The van der Waals surface area contributed by atoms with E-state index in [4.69, 9.17) is 0 Å². The maximum atomic E-state index is 13.1. The van der Waals surface area contributed by atoms with Gasteiger partial charge in [0.05, 0.1) is 26.5 Å². The Morgan fingerprint density at radius 3 is 2.65 bits per heavy atom. The van der Waals surface area contributed by atoms with E-state index in [1.54, 1.807) is 34.1 Å². The molecule has 0 aliphatic rings. The second kappa shape index (κ2) is 9.93. The molecule has 3 aromatic heterocycles. The van der Waals surface area contributed by atoms with Crippen LogP contribution in [0.2, 0.25) is 0 Å². The van der Waals surface area contributed by atoms with Gasteiger partial charge in [-0.1, -0.05) is 26.8 Å². The average Bonchev–Trinajstić information content (AvgIpc) is 3.35. The quantitative estimate of drug-likeness (QED) is 0.377. The zero-order valence-electron chi connectivity index (χ0n) is 20.3. The van der Waals surface area contributed by atoms with Gasteiger partial charge in [-0.3, -0.25) is 14.0 Å². The minimum atomic E-state index is -0.223. The molecular weight excluding hydrogens is 446 g/mol. The van der Waals surface area contributed by atoms with Crippen molar-refractivity contribution in [2.75, 3.05) is 0 Å². The van der Waals surface area contributed by atoms with Crippen LogP contribution in [0.15, 0.2) is 36.5 Å². The number of rotatable bonds is 8. The molecule has 7 nitrogen and oxygen atoms in total. The van der Waals surface area contributed by atoms with Crippen molar-refractivity contribution in [2.24, 2.45) is 5.92 Å². The van der Waals surface area contributed by atoms with Crippen LogP contribution < -0.4 is 10.6 Å². The van der Waals surface area contributed by atoms with Crippen LogP contribution in [0.25, 0.3) is 15.9 Å². The summed E-state index contributed by atoms with van der Waals surface area (Å²) < 4.78 is 2.84. The van der Waals surface area contributed by atoms with Crippen molar-refractivity contribution in [2.45, 2.75) is 60.0 Å². The van der Waals surface area contributed by atoms with E-state index in [0.717, 1.165) is 27.2 Å². The summed E-state index contributed by atoms with van der Waals surface area (Å²) in [4.78, 5) is 35.4. The first-order chi connectivity index (χ1) is 16.3. The van der Waals surface area contributed by atoms with Gasteiger partial charge < -0.3 is 10.6 Å². The number of thiazole rings is 1. The maximum absolute atomic E-state index is 13.1. The standard InChI is InChI=1S/C26H31N5O2S/c1-6-20-23(26(33)28-16(4)12-15(2)3)31-11-7-8-19(24(31)30-20)25(32)27-14-18-9-10-21-22(13-18)34-17(5)29-21/h7-11,13,15-16H,6,12,14H2,1-5H3,(H,27,32)(H,28,33)/t16-/m1/s1. The van der Waals surface area contributed by atoms with Crippen molar-refractivity contribution in [3.63, 3.8) is 0 Å². The normalized spacial score (nSPS) is 12.4. The third-order valence-corrected chi connectivity index (χ3v) is 6.67. The van der Waals surface area contributed by atoms with Crippen molar-refractivity contribution < 1.29 is 9.59 Å². The van der Waals surface area contributed by atoms with Crippen molar-refractivity contribution in [1.29, 1.82) is 0 Å². The van der Waals surface area contributed by atoms with Gasteiger partial charge in [0.2, 0.25) is 0 Å². The lowest BCUT2D eigenvalue weighted by atomic mass is 10.1. The van der Waals surface area contributed by atoms with Gasteiger partial charge in [-0.15, -0.1) is 11.3 Å². The number of nitrogens with zero attached hydrogens (tertiary/aromatic N) is 3.